The number of aliphatic hydroxyl groups is 1. The maximum atomic E-state index is 10.6. The summed E-state index contributed by atoms with van der Waals surface area (Å²) in [5.74, 6) is 0. The highest BCUT2D eigenvalue weighted by Gasteiger charge is 2.23. The van der Waals surface area contributed by atoms with Crippen molar-refractivity contribution in [3.05, 3.63) is 57.3 Å². The molecule has 1 aromatic carbocycles. The third-order valence-corrected chi connectivity index (χ3v) is 4.68. The second-order valence-corrected chi connectivity index (χ2v) is 7.07. The lowest BCUT2D eigenvalue weighted by atomic mass is 9.95. The fraction of sp³-hybridized carbons (Fsp3) is 0.412. The van der Waals surface area contributed by atoms with E-state index < -0.39 is 5.60 Å². The van der Waals surface area contributed by atoms with Gasteiger partial charge in [0.1, 0.15) is 0 Å². The standard InChI is InChI=1S/C17H23NOS/c1-12-10-16(14(3)20-12)13(2)18-11-17(4,19)15-8-6-5-7-9-15/h5-10,13,18-19H,11H2,1-4H3. The third kappa shape index (κ3) is 3.48. The average molecular weight is 289 g/mol. The molecule has 0 saturated heterocycles. The Hall–Kier alpha value is -1.16. The van der Waals surface area contributed by atoms with E-state index in [1.165, 1.54) is 15.3 Å². The second-order valence-electron chi connectivity index (χ2n) is 5.61. The van der Waals surface area contributed by atoms with E-state index in [-0.39, 0.29) is 6.04 Å². The molecule has 0 amide bonds. The minimum absolute atomic E-state index is 0.245. The fourth-order valence-electron chi connectivity index (χ4n) is 2.44. The molecule has 2 rings (SSSR count). The van der Waals surface area contributed by atoms with E-state index in [4.69, 9.17) is 0 Å². The van der Waals surface area contributed by atoms with Gasteiger partial charge in [0.05, 0.1) is 5.60 Å². The van der Waals surface area contributed by atoms with Gasteiger partial charge in [0, 0.05) is 22.3 Å². The van der Waals surface area contributed by atoms with Crippen LogP contribution in [-0.2, 0) is 5.60 Å². The first-order valence-corrected chi connectivity index (χ1v) is 7.80. The first-order chi connectivity index (χ1) is 9.40. The molecule has 0 aliphatic rings. The van der Waals surface area contributed by atoms with Gasteiger partial charge in [-0.3, -0.25) is 0 Å². The van der Waals surface area contributed by atoms with Crippen molar-refractivity contribution in [3.63, 3.8) is 0 Å². The van der Waals surface area contributed by atoms with Crippen LogP contribution in [0.1, 0.15) is 40.8 Å². The van der Waals surface area contributed by atoms with Crippen molar-refractivity contribution < 1.29 is 5.11 Å². The Bertz CT molecular complexity index is 560. The molecule has 0 aliphatic carbocycles. The molecule has 0 aliphatic heterocycles. The van der Waals surface area contributed by atoms with Crippen LogP contribution < -0.4 is 5.32 Å². The van der Waals surface area contributed by atoms with Crippen molar-refractivity contribution in [2.75, 3.05) is 6.54 Å². The Kier molecular flexibility index (Phi) is 4.63. The number of hydrogen-bond donors (Lipinski definition) is 2. The summed E-state index contributed by atoms with van der Waals surface area (Å²) in [4.78, 5) is 2.68. The first kappa shape index (κ1) is 15.2. The molecule has 2 aromatic rings. The van der Waals surface area contributed by atoms with Crippen LogP contribution in [0.2, 0.25) is 0 Å². The van der Waals surface area contributed by atoms with Gasteiger partial charge in [0.2, 0.25) is 0 Å². The van der Waals surface area contributed by atoms with Crippen molar-refractivity contribution in [2.45, 2.75) is 39.3 Å². The van der Waals surface area contributed by atoms with Crippen LogP contribution in [0.15, 0.2) is 36.4 Å². The van der Waals surface area contributed by atoms with Crippen molar-refractivity contribution in [1.29, 1.82) is 0 Å². The van der Waals surface area contributed by atoms with Crippen LogP contribution in [0.4, 0.5) is 0 Å². The smallest absolute Gasteiger partial charge is 0.0992 e. The molecule has 0 bridgehead atoms. The number of rotatable bonds is 5. The van der Waals surface area contributed by atoms with Crippen LogP contribution in [0.5, 0.6) is 0 Å². The Balaban J connectivity index is 2.03. The summed E-state index contributed by atoms with van der Waals surface area (Å²) < 4.78 is 0. The van der Waals surface area contributed by atoms with Gasteiger partial charge in [-0.05, 0) is 44.9 Å². The molecule has 0 spiro atoms. The van der Waals surface area contributed by atoms with Crippen LogP contribution in [-0.4, -0.2) is 11.7 Å². The van der Waals surface area contributed by atoms with Gasteiger partial charge < -0.3 is 10.4 Å². The molecule has 1 heterocycles. The van der Waals surface area contributed by atoms with Gasteiger partial charge >= 0.3 is 0 Å². The monoisotopic (exact) mass is 289 g/mol. The highest BCUT2D eigenvalue weighted by atomic mass is 32.1. The molecule has 1 aromatic heterocycles. The summed E-state index contributed by atoms with van der Waals surface area (Å²) in [6.07, 6.45) is 0. The van der Waals surface area contributed by atoms with E-state index in [1.54, 1.807) is 0 Å². The second kappa shape index (κ2) is 6.08. The van der Waals surface area contributed by atoms with E-state index >= 15 is 0 Å². The lowest BCUT2D eigenvalue weighted by molar-refractivity contribution is 0.0543. The molecular weight excluding hydrogens is 266 g/mol. The lowest BCUT2D eigenvalue weighted by Gasteiger charge is -2.26. The van der Waals surface area contributed by atoms with Crippen LogP contribution in [0.25, 0.3) is 0 Å². The molecule has 0 fully saturated rings. The van der Waals surface area contributed by atoms with Gasteiger partial charge in [-0.1, -0.05) is 30.3 Å². The lowest BCUT2D eigenvalue weighted by Crippen LogP contribution is -2.36. The number of aryl methyl sites for hydroxylation is 2. The Morgan fingerprint density at radius 1 is 1.25 bits per heavy atom. The highest BCUT2D eigenvalue weighted by Crippen LogP contribution is 2.27. The molecule has 108 valence electrons. The van der Waals surface area contributed by atoms with Crippen molar-refractivity contribution in [2.24, 2.45) is 0 Å². The molecule has 2 atom stereocenters. The maximum absolute atomic E-state index is 10.6. The van der Waals surface area contributed by atoms with E-state index in [0.29, 0.717) is 6.54 Å². The zero-order valence-corrected chi connectivity index (χ0v) is 13.4. The van der Waals surface area contributed by atoms with E-state index in [2.05, 4.69) is 32.2 Å². The fourth-order valence-corrected chi connectivity index (χ4v) is 3.46. The van der Waals surface area contributed by atoms with Crippen molar-refractivity contribution >= 4 is 11.3 Å². The number of thiophene rings is 1. The topological polar surface area (TPSA) is 32.3 Å². The minimum Gasteiger partial charge on any atom is -0.384 e. The summed E-state index contributed by atoms with van der Waals surface area (Å²) in [5, 5.41) is 14.0. The maximum Gasteiger partial charge on any atom is 0.0992 e. The van der Waals surface area contributed by atoms with E-state index in [9.17, 15) is 5.11 Å². The van der Waals surface area contributed by atoms with Crippen molar-refractivity contribution in [3.8, 4) is 0 Å². The minimum atomic E-state index is -0.853. The molecule has 0 radical (unpaired) electrons. The van der Waals surface area contributed by atoms with Gasteiger partial charge in [0.25, 0.3) is 0 Å². The van der Waals surface area contributed by atoms with Crippen LogP contribution in [0.3, 0.4) is 0 Å². The molecular formula is C17H23NOS. The Labute approximate surface area is 125 Å². The zero-order chi connectivity index (χ0) is 14.8. The van der Waals surface area contributed by atoms with Gasteiger partial charge in [-0.25, -0.2) is 0 Å². The molecule has 3 heteroatoms. The zero-order valence-electron chi connectivity index (χ0n) is 12.6. The Morgan fingerprint density at radius 2 is 1.90 bits per heavy atom. The summed E-state index contributed by atoms with van der Waals surface area (Å²) >= 11 is 1.82. The van der Waals surface area contributed by atoms with Crippen LogP contribution >= 0.6 is 11.3 Å². The van der Waals surface area contributed by atoms with E-state index in [0.717, 1.165) is 5.56 Å². The predicted molar refractivity (Wildman–Crippen MR) is 86.2 cm³/mol. The number of hydrogen-bond acceptors (Lipinski definition) is 3. The SMILES string of the molecule is Cc1cc(C(C)NCC(C)(O)c2ccccc2)c(C)s1. The first-order valence-electron chi connectivity index (χ1n) is 6.98. The number of benzene rings is 1. The van der Waals surface area contributed by atoms with E-state index in [1.807, 2.05) is 48.6 Å². The molecule has 2 unspecified atom stereocenters. The molecule has 2 nitrogen and oxygen atoms in total. The third-order valence-electron chi connectivity index (χ3n) is 3.69. The largest absolute Gasteiger partial charge is 0.384 e. The molecule has 2 N–H and O–H groups in total. The normalized spacial score (nSPS) is 15.8. The van der Waals surface area contributed by atoms with Gasteiger partial charge in [-0.15, -0.1) is 11.3 Å². The quantitative estimate of drug-likeness (QED) is 0.874. The van der Waals surface area contributed by atoms with Crippen molar-refractivity contribution in [1.82, 2.24) is 5.32 Å². The Morgan fingerprint density at radius 3 is 2.45 bits per heavy atom. The summed E-state index contributed by atoms with van der Waals surface area (Å²) in [6, 6.07) is 12.3. The van der Waals surface area contributed by atoms with Crippen LogP contribution in [0, 0.1) is 13.8 Å². The average Bonchev–Trinajstić information content (AvgIpc) is 2.76. The summed E-state index contributed by atoms with van der Waals surface area (Å²) in [6.45, 7) is 8.82. The predicted octanol–water partition coefficient (Wildman–Crippen LogP) is 3.92. The summed E-state index contributed by atoms with van der Waals surface area (Å²) in [7, 11) is 0. The highest BCUT2D eigenvalue weighted by molar-refractivity contribution is 7.12. The number of nitrogens with one attached hydrogen (secondary N) is 1. The van der Waals surface area contributed by atoms with Gasteiger partial charge in [-0.2, -0.15) is 0 Å². The van der Waals surface area contributed by atoms with Gasteiger partial charge in [0.15, 0.2) is 0 Å². The molecule has 20 heavy (non-hydrogen) atoms. The molecule has 0 saturated carbocycles. The summed E-state index contributed by atoms with van der Waals surface area (Å²) in [5.41, 5.74) is 1.42.